The molecule has 0 aliphatic carbocycles. The first-order chi connectivity index (χ1) is 10.2. The summed E-state index contributed by atoms with van der Waals surface area (Å²) in [6, 6.07) is 15.8. The average Bonchev–Trinajstić information content (AvgIpc) is 2.87. The number of likely N-dealkylation sites (tertiary alicyclic amines) is 1. The van der Waals surface area contributed by atoms with Crippen LogP contribution in [0.1, 0.15) is 44.8 Å². The third kappa shape index (κ3) is 2.97. The molecule has 1 aliphatic rings. The Hall–Kier alpha value is -1.38. The van der Waals surface area contributed by atoms with E-state index < -0.39 is 6.10 Å². The van der Waals surface area contributed by atoms with Crippen LogP contribution in [0.3, 0.4) is 0 Å². The van der Waals surface area contributed by atoms with E-state index in [1.165, 1.54) is 30.0 Å². The minimum atomic E-state index is -0.399. The van der Waals surface area contributed by atoms with Crippen LogP contribution in [0.2, 0.25) is 0 Å². The summed E-state index contributed by atoms with van der Waals surface area (Å²) < 4.78 is 0. The number of hydrogen-bond donors (Lipinski definition) is 1. The van der Waals surface area contributed by atoms with Gasteiger partial charge in [-0.3, -0.25) is 4.90 Å². The molecular formula is C19H25NO. The van der Waals surface area contributed by atoms with Gasteiger partial charge in [-0.2, -0.15) is 0 Å². The largest absolute Gasteiger partial charge is 0.387 e. The van der Waals surface area contributed by atoms with Crippen molar-refractivity contribution in [2.75, 3.05) is 6.54 Å². The molecule has 1 fully saturated rings. The summed E-state index contributed by atoms with van der Waals surface area (Å²) in [5, 5.41) is 13.1. The summed E-state index contributed by atoms with van der Waals surface area (Å²) in [6.45, 7) is 5.28. The van der Waals surface area contributed by atoms with Crippen LogP contribution >= 0.6 is 0 Å². The average molecular weight is 283 g/mol. The fraction of sp³-hybridized carbons (Fsp3) is 0.474. The molecule has 2 nitrogen and oxygen atoms in total. The molecule has 0 spiro atoms. The van der Waals surface area contributed by atoms with Crippen LogP contribution in [-0.2, 0) is 0 Å². The van der Waals surface area contributed by atoms with Gasteiger partial charge in [-0.05, 0) is 48.6 Å². The number of nitrogens with zero attached hydrogens (tertiary/aromatic N) is 1. The second kappa shape index (κ2) is 6.17. The monoisotopic (exact) mass is 283 g/mol. The van der Waals surface area contributed by atoms with Crippen molar-refractivity contribution in [3.05, 3.63) is 48.0 Å². The lowest BCUT2D eigenvalue weighted by atomic mass is 10.0. The second-order valence-corrected chi connectivity index (χ2v) is 6.31. The molecule has 0 bridgehead atoms. The molecular weight excluding hydrogens is 258 g/mol. The van der Waals surface area contributed by atoms with E-state index in [2.05, 4.69) is 55.1 Å². The number of benzene rings is 2. The summed E-state index contributed by atoms with van der Waals surface area (Å²) in [7, 11) is 0. The Labute approximate surface area is 127 Å². The van der Waals surface area contributed by atoms with E-state index in [0.717, 1.165) is 12.1 Å². The Kier molecular flexibility index (Phi) is 4.27. The molecule has 0 aromatic heterocycles. The molecule has 1 saturated heterocycles. The third-order valence-electron chi connectivity index (χ3n) is 4.97. The van der Waals surface area contributed by atoms with E-state index in [1.54, 1.807) is 0 Å². The van der Waals surface area contributed by atoms with Crippen LogP contribution in [0.5, 0.6) is 0 Å². The Balaban J connectivity index is 1.78. The van der Waals surface area contributed by atoms with Gasteiger partial charge in [0.05, 0.1) is 6.10 Å². The maximum atomic E-state index is 10.6. The van der Waals surface area contributed by atoms with Gasteiger partial charge in [0.25, 0.3) is 0 Å². The summed E-state index contributed by atoms with van der Waals surface area (Å²) in [5.74, 6) is 0. The summed E-state index contributed by atoms with van der Waals surface area (Å²) in [4.78, 5) is 2.49. The molecule has 112 valence electrons. The highest BCUT2D eigenvalue weighted by molar-refractivity contribution is 5.83. The minimum Gasteiger partial charge on any atom is -0.387 e. The van der Waals surface area contributed by atoms with Crippen molar-refractivity contribution < 1.29 is 5.11 Å². The first kappa shape index (κ1) is 14.6. The lowest BCUT2D eigenvalue weighted by Crippen LogP contribution is -2.37. The topological polar surface area (TPSA) is 23.5 Å². The summed E-state index contributed by atoms with van der Waals surface area (Å²) >= 11 is 0. The van der Waals surface area contributed by atoms with E-state index in [0.29, 0.717) is 12.1 Å². The first-order valence-electron chi connectivity index (χ1n) is 8.11. The minimum absolute atomic E-state index is 0.399. The van der Waals surface area contributed by atoms with Gasteiger partial charge >= 0.3 is 0 Å². The van der Waals surface area contributed by atoms with Gasteiger partial charge in [0.2, 0.25) is 0 Å². The second-order valence-electron chi connectivity index (χ2n) is 6.31. The van der Waals surface area contributed by atoms with Gasteiger partial charge in [-0.15, -0.1) is 0 Å². The Morgan fingerprint density at radius 1 is 1.14 bits per heavy atom. The standard InChI is InChI=1S/C19H25NO/c1-3-18-11-8-14(2)20(18)13-19(21)17-10-9-15-6-4-5-7-16(15)12-17/h4-7,9-10,12,14,18-19,21H,3,8,11,13H2,1-2H3. The molecule has 0 amide bonds. The van der Waals surface area contributed by atoms with Gasteiger partial charge in [0.15, 0.2) is 0 Å². The Bertz CT molecular complexity index is 609. The normalized spacial score (nSPS) is 24.5. The fourth-order valence-corrected chi connectivity index (χ4v) is 3.61. The number of aliphatic hydroxyl groups is 1. The maximum absolute atomic E-state index is 10.6. The molecule has 3 atom stereocenters. The van der Waals surface area contributed by atoms with Crippen molar-refractivity contribution in [1.29, 1.82) is 0 Å². The van der Waals surface area contributed by atoms with E-state index in [4.69, 9.17) is 0 Å². The molecule has 0 saturated carbocycles. The predicted molar refractivity (Wildman–Crippen MR) is 88.4 cm³/mol. The van der Waals surface area contributed by atoms with Gasteiger partial charge in [-0.1, -0.05) is 43.3 Å². The number of rotatable bonds is 4. The van der Waals surface area contributed by atoms with Crippen molar-refractivity contribution >= 4 is 10.8 Å². The van der Waals surface area contributed by atoms with Gasteiger partial charge in [0.1, 0.15) is 0 Å². The molecule has 2 aromatic carbocycles. The van der Waals surface area contributed by atoms with Gasteiger partial charge in [-0.25, -0.2) is 0 Å². The lowest BCUT2D eigenvalue weighted by Gasteiger charge is -2.30. The smallest absolute Gasteiger partial charge is 0.0917 e. The van der Waals surface area contributed by atoms with Crippen LogP contribution in [0.15, 0.2) is 42.5 Å². The number of β-amino-alcohol motifs (C(OH)–C–C–N with tert-alkyl or cyclic N) is 1. The molecule has 3 rings (SSSR count). The zero-order valence-electron chi connectivity index (χ0n) is 13.0. The Morgan fingerprint density at radius 3 is 2.67 bits per heavy atom. The van der Waals surface area contributed by atoms with Gasteiger partial charge in [0, 0.05) is 18.6 Å². The number of hydrogen-bond acceptors (Lipinski definition) is 2. The molecule has 1 N–H and O–H groups in total. The Morgan fingerprint density at radius 2 is 1.90 bits per heavy atom. The van der Waals surface area contributed by atoms with Crippen LogP contribution in [0, 0.1) is 0 Å². The van der Waals surface area contributed by atoms with E-state index in [-0.39, 0.29) is 0 Å². The molecule has 2 aromatic rings. The highest BCUT2D eigenvalue weighted by Crippen LogP contribution is 2.29. The summed E-state index contributed by atoms with van der Waals surface area (Å²) in [6.07, 6.45) is 3.30. The van der Waals surface area contributed by atoms with Crippen LogP contribution in [0.25, 0.3) is 10.8 Å². The van der Waals surface area contributed by atoms with Crippen LogP contribution in [0.4, 0.5) is 0 Å². The number of fused-ring (bicyclic) bond motifs is 1. The molecule has 21 heavy (non-hydrogen) atoms. The van der Waals surface area contributed by atoms with Crippen LogP contribution in [-0.4, -0.2) is 28.6 Å². The van der Waals surface area contributed by atoms with Crippen LogP contribution < -0.4 is 0 Å². The lowest BCUT2D eigenvalue weighted by molar-refractivity contribution is 0.0861. The van der Waals surface area contributed by atoms with Gasteiger partial charge < -0.3 is 5.11 Å². The molecule has 2 heteroatoms. The van der Waals surface area contributed by atoms with E-state index in [1.807, 2.05) is 6.07 Å². The third-order valence-corrected chi connectivity index (χ3v) is 4.97. The maximum Gasteiger partial charge on any atom is 0.0917 e. The van der Waals surface area contributed by atoms with Crippen molar-refractivity contribution in [3.8, 4) is 0 Å². The zero-order valence-corrected chi connectivity index (χ0v) is 13.0. The first-order valence-corrected chi connectivity index (χ1v) is 8.11. The molecule has 1 aliphatic heterocycles. The zero-order chi connectivity index (χ0) is 14.8. The van der Waals surface area contributed by atoms with Crippen molar-refractivity contribution in [1.82, 2.24) is 4.90 Å². The number of aliphatic hydroxyl groups excluding tert-OH is 1. The van der Waals surface area contributed by atoms with Crippen molar-refractivity contribution in [2.45, 2.75) is 51.3 Å². The SMILES string of the molecule is CCC1CCC(C)N1CC(O)c1ccc2ccccc2c1. The van der Waals surface area contributed by atoms with E-state index in [9.17, 15) is 5.11 Å². The van der Waals surface area contributed by atoms with E-state index >= 15 is 0 Å². The van der Waals surface area contributed by atoms with Crippen molar-refractivity contribution in [3.63, 3.8) is 0 Å². The molecule has 0 radical (unpaired) electrons. The molecule has 1 heterocycles. The molecule has 3 unspecified atom stereocenters. The van der Waals surface area contributed by atoms with Crippen molar-refractivity contribution in [2.24, 2.45) is 0 Å². The quantitative estimate of drug-likeness (QED) is 0.911. The highest BCUT2D eigenvalue weighted by Gasteiger charge is 2.30. The predicted octanol–water partition coefficient (Wildman–Crippen LogP) is 4.14. The fourth-order valence-electron chi connectivity index (χ4n) is 3.61. The highest BCUT2D eigenvalue weighted by atomic mass is 16.3. The summed E-state index contributed by atoms with van der Waals surface area (Å²) in [5.41, 5.74) is 1.03.